The highest BCUT2D eigenvalue weighted by Crippen LogP contribution is 2.29. The molecule has 0 amide bonds. The Morgan fingerprint density at radius 3 is 2.52 bits per heavy atom. The summed E-state index contributed by atoms with van der Waals surface area (Å²) in [5, 5.41) is 11.1. The predicted molar refractivity (Wildman–Crippen MR) is 71.5 cm³/mol. The Kier molecular flexibility index (Phi) is 2.98. The zero-order valence-corrected chi connectivity index (χ0v) is 11.0. The number of nitrogens with zero attached hydrogens (tertiary/aromatic N) is 4. The fourth-order valence-electron chi connectivity index (χ4n) is 2.22. The summed E-state index contributed by atoms with van der Waals surface area (Å²) in [6, 6.07) is 11.5. The first kappa shape index (κ1) is 12.2. The van der Waals surface area contributed by atoms with Gasteiger partial charge in [0.15, 0.2) is 5.76 Å². The fraction of sp³-hybridized carbons (Fsp3) is 0.214. The second kappa shape index (κ2) is 5.12. The van der Waals surface area contributed by atoms with E-state index in [1.807, 2.05) is 36.4 Å². The van der Waals surface area contributed by atoms with Crippen LogP contribution in [0.15, 0.2) is 47.1 Å². The lowest BCUT2D eigenvalue weighted by Gasteiger charge is -2.05. The summed E-state index contributed by atoms with van der Waals surface area (Å²) in [5.74, 6) is 1.46. The molecule has 0 saturated carbocycles. The van der Waals surface area contributed by atoms with Crippen LogP contribution in [0.5, 0.6) is 0 Å². The van der Waals surface area contributed by atoms with E-state index in [9.17, 15) is 0 Å². The normalized spacial score (nSPS) is 15.6. The number of aromatic nitrogens is 4. The Labute approximate surface area is 120 Å². The van der Waals surface area contributed by atoms with E-state index in [0.717, 1.165) is 17.0 Å². The number of tetrazole rings is 1. The van der Waals surface area contributed by atoms with E-state index < -0.39 is 0 Å². The highest BCUT2D eigenvalue weighted by Gasteiger charge is 2.22. The van der Waals surface area contributed by atoms with Gasteiger partial charge in [0.25, 0.3) is 0 Å². The molecule has 7 heteroatoms. The molecule has 4 rings (SSSR count). The molecule has 0 unspecified atom stereocenters. The quantitative estimate of drug-likeness (QED) is 0.732. The third kappa shape index (κ3) is 2.32. The van der Waals surface area contributed by atoms with E-state index in [1.165, 1.54) is 0 Å². The van der Waals surface area contributed by atoms with Crippen LogP contribution < -0.4 is 0 Å². The average molecular weight is 284 g/mol. The van der Waals surface area contributed by atoms with Crippen LogP contribution in [-0.2, 0) is 9.47 Å². The van der Waals surface area contributed by atoms with Gasteiger partial charge in [-0.1, -0.05) is 0 Å². The van der Waals surface area contributed by atoms with Crippen molar-refractivity contribution in [1.29, 1.82) is 0 Å². The molecule has 7 nitrogen and oxygen atoms in total. The van der Waals surface area contributed by atoms with Crippen LogP contribution in [0.4, 0.5) is 0 Å². The molecule has 1 saturated heterocycles. The number of benzene rings is 1. The standard InChI is InChI=1S/C14H12N4O3/c1-3-11(18-9-15-16-17-18)4-2-10(1)12-5-6-13(21-12)14-19-7-8-20-14/h1-6,9,14H,7-8H2. The summed E-state index contributed by atoms with van der Waals surface area (Å²) >= 11 is 0. The van der Waals surface area contributed by atoms with Crippen LogP contribution >= 0.6 is 0 Å². The molecule has 0 aliphatic carbocycles. The number of hydrogen-bond donors (Lipinski definition) is 0. The molecule has 0 radical (unpaired) electrons. The van der Waals surface area contributed by atoms with Crippen LogP contribution in [0.25, 0.3) is 17.0 Å². The van der Waals surface area contributed by atoms with Gasteiger partial charge in [0.1, 0.15) is 12.1 Å². The van der Waals surface area contributed by atoms with Crippen molar-refractivity contribution in [2.45, 2.75) is 6.29 Å². The highest BCUT2D eigenvalue weighted by atomic mass is 16.7. The van der Waals surface area contributed by atoms with E-state index in [4.69, 9.17) is 13.9 Å². The van der Waals surface area contributed by atoms with Crippen molar-refractivity contribution in [2.75, 3.05) is 13.2 Å². The van der Waals surface area contributed by atoms with E-state index in [2.05, 4.69) is 15.5 Å². The average Bonchev–Trinajstić information content (AvgIpc) is 3.27. The van der Waals surface area contributed by atoms with Crippen molar-refractivity contribution in [2.24, 2.45) is 0 Å². The largest absolute Gasteiger partial charge is 0.456 e. The minimum absolute atomic E-state index is 0.390. The zero-order chi connectivity index (χ0) is 14.1. The Morgan fingerprint density at radius 2 is 1.81 bits per heavy atom. The molecule has 2 aromatic heterocycles. The molecule has 1 fully saturated rings. The van der Waals surface area contributed by atoms with Gasteiger partial charge in [0.05, 0.1) is 18.9 Å². The zero-order valence-electron chi connectivity index (χ0n) is 11.0. The molecular weight excluding hydrogens is 272 g/mol. The number of ether oxygens (including phenoxy) is 2. The van der Waals surface area contributed by atoms with Gasteiger partial charge in [-0.2, -0.15) is 0 Å². The lowest BCUT2D eigenvalue weighted by Crippen LogP contribution is -1.95. The van der Waals surface area contributed by atoms with Gasteiger partial charge >= 0.3 is 0 Å². The molecular formula is C14H12N4O3. The molecule has 0 atom stereocenters. The van der Waals surface area contributed by atoms with E-state index in [-0.39, 0.29) is 6.29 Å². The summed E-state index contributed by atoms with van der Waals surface area (Å²) in [7, 11) is 0. The van der Waals surface area contributed by atoms with Crippen LogP contribution in [0.3, 0.4) is 0 Å². The van der Waals surface area contributed by atoms with Crippen LogP contribution in [0, 0.1) is 0 Å². The van der Waals surface area contributed by atoms with Crippen LogP contribution in [-0.4, -0.2) is 33.4 Å². The molecule has 3 heterocycles. The maximum atomic E-state index is 5.79. The first-order valence-electron chi connectivity index (χ1n) is 6.57. The minimum Gasteiger partial charge on any atom is -0.456 e. The van der Waals surface area contributed by atoms with Crippen molar-refractivity contribution >= 4 is 0 Å². The molecule has 0 N–H and O–H groups in total. The monoisotopic (exact) mass is 284 g/mol. The number of rotatable bonds is 3. The van der Waals surface area contributed by atoms with Gasteiger partial charge in [-0.3, -0.25) is 0 Å². The summed E-state index contributed by atoms with van der Waals surface area (Å²) in [6.45, 7) is 1.20. The van der Waals surface area contributed by atoms with Crippen molar-refractivity contribution in [3.63, 3.8) is 0 Å². The van der Waals surface area contributed by atoms with Gasteiger partial charge in [-0.25, -0.2) is 4.68 Å². The molecule has 21 heavy (non-hydrogen) atoms. The third-order valence-electron chi connectivity index (χ3n) is 3.25. The SMILES string of the molecule is c1cc(-n2cnnn2)ccc1-c1ccc(C2OCCO2)o1. The molecule has 1 aliphatic rings. The van der Waals surface area contributed by atoms with Crippen molar-refractivity contribution in [1.82, 2.24) is 20.2 Å². The van der Waals surface area contributed by atoms with Crippen LogP contribution in [0.2, 0.25) is 0 Å². The minimum atomic E-state index is -0.390. The maximum absolute atomic E-state index is 5.79. The Bertz CT molecular complexity index is 715. The van der Waals surface area contributed by atoms with E-state index in [1.54, 1.807) is 11.0 Å². The van der Waals surface area contributed by atoms with Gasteiger partial charge < -0.3 is 13.9 Å². The Morgan fingerprint density at radius 1 is 1.00 bits per heavy atom. The Balaban J connectivity index is 1.58. The number of hydrogen-bond acceptors (Lipinski definition) is 6. The van der Waals surface area contributed by atoms with Crippen molar-refractivity contribution in [3.05, 3.63) is 48.5 Å². The lowest BCUT2D eigenvalue weighted by atomic mass is 10.1. The molecule has 0 bridgehead atoms. The third-order valence-corrected chi connectivity index (χ3v) is 3.25. The second-order valence-corrected chi connectivity index (χ2v) is 4.58. The van der Waals surface area contributed by atoms with Crippen molar-refractivity contribution < 1.29 is 13.9 Å². The van der Waals surface area contributed by atoms with Gasteiger partial charge in [-0.15, -0.1) is 5.10 Å². The van der Waals surface area contributed by atoms with E-state index in [0.29, 0.717) is 19.0 Å². The molecule has 1 aromatic carbocycles. The molecule has 0 spiro atoms. The molecule has 106 valence electrons. The second-order valence-electron chi connectivity index (χ2n) is 4.58. The summed E-state index contributed by atoms with van der Waals surface area (Å²) in [5.41, 5.74) is 1.86. The summed E-state index contributed by atoms with van der Waals surface area (Å²) in [4.78, 5) is 0. The van der Waals surface area contributed by atoms with E-state index >= 15 is 0 Å². The first-order chi connectivity index (χ1) is 10.4. The van der Waals surface area contributed by atoms with Gasteiger partial charge in [-0.05, 0) is 46.8 Å². The van der Waals surface area contributed by atoms with Crippen LogP contribution in [0.1, 0.15) is 12.1 Å². The highest BCUT2D eigenvalue weighted by molar-refractivity contribution is 5.59. The summed E-state index contributed by atoms with van der Waals surface area (Å²) < 4.78 is 18.2. The summed E-state index contributed by atoms with van der Waals surface area (Å²) in [6.07, 6.45) is 1.16. The lowest BCUT2D eigenvalue weighted by molar-refractivity contribution is -0.0585. The molecule has 1 aliphatic heterocycles. The number of furan rings is 1. The molecule has 3 aromatic rings. The van der Waals surface area contributed by atoms with Gasteiger partial charge in [0.2, 0.25) is 6.29 Å². The fourth-order valence-corrected chi connectivity index (χ4v) is 2.22. The topological polar surface area (TPSA) is 75.2 Å². The predicted octanol–water partition coefficient (Wildman–Crippen LogP) is 1.97. The maximum Gasteiger partial charge on any atom is 0.217 e. The van der Waals surface area contributed by atoms with Crippen molar-refractivity contribution in [3.8, 4) is 17.0 Å². The van der Waals surface area contributed by atoms with Gasteiger partial charge in [0, 0.05) is 5.56 Å². The first-order valence-corrected chi connectivity index (χ1v) is 6.57. The smallest absolute Gasteiger partial charge is 0.217 e. The Hall–Kier alpha value is -2.51.